The van der Waals surface area contributed by atoms with Gasteiger partial charge in [-0.15, -0.1) is 0 Å². The van der Waals surface area contributed by atoms with Gasteiger partial charge < -0.3 is 9.84 Å². The van der Waals surface area contributed by atoms with E-state index in [-0.39, 0.29) is 12.4 Å². The number of anilines is 1. The molecule has 2 atom stereocenters. The van der Waals surface area contributed by atoms with Crippen molar-refractivity contribution in [2.24, 2.45) is 5.41 Å². The molecule has 0 aliphatic heterocycles. The van der Waals surface area contributed by atoms with Gasteiger partial charge in [0.2, 0.25) is 0 Å². The Balaban J connectivity index is 1.39. The van der Waals surface area contributed by atoms with Crippen LogP contribution in [-0.2, 0) is 17.6 Å². The zero-order valence-corrected chi connectivity index (χ0v) is 20.4. The van der Waals surface area contributed by atoms with Gasteiger partial charge in [0, 0.05) is 11.1 Å². The van der Waals surface area contributed by atoms with E-state index in [4.69, 9.17) is 4.74 Å². The van der Waals surface area contributed by atoms with E-state index >= 15 is 0 Å². The largest absolute Gasteiger partial charge is 0.450 e. The number of nitrogens with zero attached hydrogens (tertiary/aromatic N) is 2. The van der Waals surface area contributed by atoms with Gasteiger partial charge in [0.1, 0.15) is 11.6 Å². The van der Waals surface area contributed by atoms with Crippen molar-refractivity contribution in [3.63, 3.8) is 0 Å². The Morgan fingerprint density at radius 1 is 1.19 bits per heavy atom. The lowest BCUT2D eigenvalue weighted by Gasteiger charge is -2.42. The number of aryl methyl sites for hydroxylation is 1. The second-order valence-corrected chi connectivity index (χ2v) is 9.80. The monoisotopic (exact) mass is 493 g/mol. The van der Waals surface area contributed by atoms with Gasteiger partial charge in [-0.25, -0.2) is 18.3 Å². The molecule has 3 aromatic rings. The summed E-state index contributed by atoms with van der Waals surface area (Å²) < 4.78 is 34.2. The second-order valence-electron chi connectivity index (χ2n) is 9.80. The zero-order chi connectivity index (χ0) is 25.5. The van der Waals surface area contributed by atoms with E-state index < -0.39 is 22.9 Å². The molecule has 1 saturated carbocycles. The molecule has 6 nitrogen and oxygen atoms in total. The molecule has 1 fully saturated rings. The maximum absolute atomic E-state index is 14.1. The topological polar surface area (TPSA) is 76.4 Å². The number of carbonyl (C=O) groups is 1. The zero-order valence-electron chi connectivity index (χ0n) is 20.4. The van der Waals surface area contributed by atoms with Crippen molar-refractivity contribution < 1.29 is 23.4 Å². The quantitative estimate of drug-likeness (QED) is 0.454. The summed E-state index contributed by atoms with van der Waals surface area (Å²) in [7, 11) is 0. The third-order valence-corrected chi connectivity index (χ3v) is 7.74. The first kappa shape index (κ1) is 24.2. The van der Waals surface area contributed by atoms with E-state index in [0.29, 0.717) is 36.9 Å². The number of nitrogens with one attached hydrogen (secondary N) is 1. The molecule has 0 unspecified atom stereocenters. The summed E-state index contributed by atoms with van der Waals surface area (Å²) in [6.45, 7) is 4.02. The van der Waals surface area contributed by atoms with Crippen LogP contribution in [0.25, 0.3) is 11.8 Å². The average molecular weight is 494 g/mol. The van der Waals surface area contributed by atoms with Crippen LogP contribution < -0.4 is 5.32 Å². The smallest absolute Gasteiger partial charge is 0.411 e. The normalized spacial score (nSPS) is 22.5. The first-order chi connectivity index (χ1) is 17.2. The van der Waals surface area contributed by atoms with Crippen LogP contribution in [-0.4, -0.2) is 33.2 Å². The van der Waals surface area contributed by atoms with E-state index in [2.05, 4.69) is 23.4 Å². The van der Waals surface area contributed by atoms with Crippen molar-refractivity contribution in [2.75, 3.05) is 11.9 Å². The number of amides is 1. The Morgan fingerprint density at radius 3 is 2.69 bits per heavy atom. The molecule has 2 N–H and O–H groups in total. The number of halogens is 2. The predicted octanol–water partition coefficient (Wildman–Crippen LogP) is 5.82. The number of rotatable bonds is 6. The van der Waals surface area contributed by atoms with Crippen LogP contribution in [0.5, 0.6) is 0 Å². The van der Waals surface area contributed by atoms with E-state index in [1.165, 1.54) is 30.3 Å². The van der Waals surface area contributed by atoms with Gasteiger partial charge in [-0.1, -0.05) is 12.5 Å². The molecule has 36 heavy (non-hydrogen) atoms. The predicted molar refractivity (Wildman–Crippen MR) is 133 cm³/mol. The fraction of sp³-hybridized carbons (Fsp3) is 0.357. The number of hydrogen-bond acceptors (Lipinski definition) is 4. The molecule has 2 aliphatic carbocycles. The number of ether oxygens (including phenoxy) is 1. The molecule has 0 bridgehead atoms. The molecule has 0 saturated heterocycles. The SMILES string of the molecule is CCOC(=O)Nc1ccc(F)cc1CC[C@]1(O)CCC2=Cc3c(cnn3-c3ccc(F)cc3)C[C@@]21C. The number of benzene rings is 2. The molecule has 8 heteroatoms. The van der Waals surface area contributed by atoms with E-state index in [1.807, 2.05) is 6.20 Å². The lowest BCUT2D eigenvalue weighted by molar-refractivity contribution is -0.0461. The summed E-state index contributed by atoms with van der Waals surface area (Å²) in [6.07, 6.45) is 6.04. The van der Waals surface area contributed by atoms with Crippen molar-refractivity contribution in [1.29, 1.82) is 0 Å². The van der Waals surface area contributed by atoms with Gasteiger partial charge in [-0.2, -0.15) is 5.10 Å². The third kappa shape index (κ3) is 4.19. The molecule has 0 spiro atoms. The van der Waals surface area contributed by atoms with Crippen LogP contribution in [0.4, 0.5) is 19.3 Å². The van der Waals surface area contributed by atoms with E-state index in [1.54, 1.807) is 23.7 Å². The minimum absolute atomic E-state index is 0.231. The second kappa shape index (κ2) is 9.17. The number of aliphatic hydroxyl groups is 1. The number of aromatic nitrogens is 2. The number of hydrogen-bond donors (Lipinski definition) is 2. The van der Waals surface area contributed by atoms with Crippen LogP contribution in [0, 0.1) is 17.0 Å². The Labute approximate surface area is 208 Å². The molecule has 1 aromatic heterocycles. The fourth-order valence-corrected chi connectivity index (χ4v) is 5.63. The summed E-state index contributed by atoms with van der Waals surface area (Å²) in [5.41, 5.74) is 3.46. The summed E-state index contributed by atoms with van der Waals surface area (Å²) >= 11 is 0. The highest BCUT2D eigenvalue weighted by atomic mass is 19.1. The highest BCUT2D eigenvalue weighted by Crippen LogP contribution is 2.57. The maximum atomic E-state index is 14.1. The van der Waals surface area contributed by atoms with E-state index in [0.717, 1.165) is 28.9 Å². The highest BCUT2D eigenvalue weighted by Gasteiger charge is 2.54. The Bertz CT molecular complexity index is 1330. The van der Waals surface area contributed by atoms with Crippen molar-refractivity contribution in [3.8, 4) is 5.69 Å². The van der Waals surface area contributed by atoms with Crippen molar-refractivity contribution in [1.82, 2.24) is 9.78 Å². The molecular weight excluding hydrogens is 464 g/mol. The summed E-state index contributed by atoms with van der Waals surface area (Å²) in [5, 5.41) is 19.1. The van der Waals surface area contributed by atoms with Gasteiger partial charge in [-0.3, -0.25) is 5.32 Å². The third-order valence-electron chi connectivity index (χ3n) is 7.74. The molecule has 1 amide bonds. The average Bonchev–Trinajstić information content (AvgIpc) is 3.36. The highest BCUT2D eigenvalue weighted by molar-refractivity contribution is 5.85. The van der Waals surface area contributed by atoms with Crippen LogP contribution in [0.2, 0.25) is 0 Å². The number of fused-ring (bicyclic) bond motifs is 2. The van der Waals surface area contributed by atoms with Crippen molar-refractivity contribution in [2.45, 2.75) is 51.6 Å². The summed E-state index contributed by atoms with van der Waals surface area (Å²) in [5.74, 6) is -0.703. The lowest BCUT2D eigenvalue weighted by atomic mass is 9.65. The lowest BCUT2D eigenvalue weighted by Crippen LogP contribution is -2.45. The maximum Gasteiger partial charge on any atom is 0.411 e. The van der Waals surface area contributed by atoms with Gasteiger partial charge in [0.15, 0.2) is 0 Å². The van der Waals surface area contributed by atoms with Crippen molar-refractivity contribution in [3.05, 3.63) is 82.7 Å². The minimum Gasteiger partial charge on any atom is -0.450 e. The van der Waals surface area contributed by atoms with Gasteiger partial charge >= 0.3 is 6.09 Å². The minimum atomic E-state index is -1.01. The Morgan fingerprint density at radius 2 is 1.94 bits per heavy atom. The van der Waals surface area contributed by atoms with Gasteiger partial charge in [0.25, 0.3) is 0 Å². The Kier molecular flexibility index (Phi) is 6.16. The molecule has 2 aliphatic rings. The molecular formula is C28H29F2N3O3. The molecule has 5 rings (SSSR count). The van der Waals surface area contributed by atoms with Crippen LogP contribution in [0.3, 0.4) is 0 Å². The van der Waals surface area contributed by atoms with Crippen LogP contribution in [0.1, 0.15) is 49.9 Å². The number of carbonyl (C=O) groups excluding carboxylic acids is 1. The molecule has 2 aromatic carbocycles. The first-order valence-electron chi connectivity index (χ1n) is 12.2. The summed E-state index contributed by atoms with van der Waals surface area (Å²) in [6, 6.07) is 10.4. The van der Waals surface area contributed by atoms with Gasteiger partial charge in [0.05, 0.1) is 29.8 Å². The van der Waals surface area contributed by atoms with Crippen LogP contribution in [0.15, 0.2) is 54.2 Å². The molecule has 0 radical (unpaired) electrons. The first-order valence-corrected chi connectivity index (χ1v) is 12.2. The van der Waals surface area contributed by atoms with Gasteiger partial charge in [-0.05, 0) is 98.7 Å². The van der Waals surface area contributed by atoms with Crippen LogP contribution >= 0.6 is 0 Å². The standard InChI is InChI=1S/C28H29F2N3O3/c1-3-36-26(34)32-24-9-6-22(30)14-18(24)10-12-28(35)13-11-20-15-25-19(16-27(20,28)2)17-31-33(25)23-7-4-21(29)5-8-23/h4-9,14-15,17,35H,3,10-13,16H2,1-2H3,(H,32,34)/t27-,28-/m0/s1. The fourth-order valence-electron chi connectivity index (χ4n) is 5.63. The van der Waals surface area contributed by atoms with E-state index in [9.17, 15) is 18.7 Å². The Hall–Kier alpha value is -3.52. The van der Waals surface area contributed by atoms with Crippen molar-refractivity contribution >= 4 is 17.9 Å². The molecule has 1 heterocycles. The summed E-state index contributed by atoms with van der Waals surface area (Å²) in [4.78, 5) is 11.9. The molecule has 188 valence electrons.